The highest BCUT2D eigenvalue weighted by Crippen LogP contribution is 2.24. The second-order valence-corrected chi connectivity index (χ2v) is 4.62. The largest absolute Gasteiger partial charge is 0.467 e. The van der Waals surface area contributed by atoms with E-state index in [1.165, 1.54) is 7.11 Å². The van der Waals surface area contributed by atoms with Gasteiger partial charge in [-0.3, -0.25) is 0 Å². The molecule has 88 valence electrons. The lowest BCUT2D eigenvalue weighted by Crippen LogP contribution is -2.22. The quantitative estimate of drug-likeness (QED) is 0.635. The monoisotopic (exact) mass is 342 g/mol. The number of hydrogen-bond donors (Lipinski definition) is 0. The van der Waals surface area contributed by atoms with Crippen molar-refractivity contribution in [1.82, 2.24) is 9.55 Å². The molecule has 0 saturated heterocycles. The SMILES string of the molecule is COC(=O)C(c1ccccc1I)n1ccnc1. The third-order valence-corrected chi connectivity index (χ3v) is 3.43. The van der Waals surface area contributed by atoms with E-state index >= 15 is 0 Å². The summed E-state index contributed by atoms with van der Waals surface area (Å²) in [5.41, 5.74) is 0.915. The minimum atomic E-state index is -0.476. The van der Waals surface area contributed by atoms with E-state index in [0.29, 0.717) is 0 Å². The Balaban J connectivity index is 2.48. The molecule has 1 heterocycles. The molecular weight excluding hydrogens is 331 g/mol. The molecule has 0 aliphatic heterocycles. The van der Waals surface area contributed by atoms with Crippen molar-refractivity contribution in [3.63, 3.8) is 0 Å². The first-order chi connectivity index (χ1) is 8.24. The normalized spacial score (nSPS) is 12.1. The van der Waals surface area contributed by atoms with Gasteiger partial charge in [0.2, 0.25) is 0 Å². The molecule has 2 aromatic rings. The summed E-state index contributed by atoms with van der Waals surface area (Å²) in [4.78, 5) is 15.9. The first-order valence-corrected chi connectivity index (χ1v) is 6.11. The molecule has 0 aliphatic carbocycles. The first-order valence-electron chi connectivity index (χ1n) is 5.03. The Morgan fingerprint density at radius 1 is 1.47 bits per heavy atom. The van der Waals surface area contributed by atoms with Crippen LogP contribution in [-0.4, -0.2) is 22.6 Å². The maximum absolute atomic E-state index is 11.9. The Kier molecular flexibility index (Phi) is 3.78. The van der Waals surface area contributed by atoms with E-state index in [0.717, 1.165) is 9.13 Å². The standard InChI is InChI=1S/C12H11IN2O2/c1-17-12(16)11(15-7-6-14-8-15)9-4-2-3-5-10(9)13/h2-8,11H,1H3. The lowest BCUT2D eigenvalue weighted by atomic mass is 10.1. The molecule has 1 aromatic carbocycles. The van der Waals surface area contributed by atoms with Gasteiger partial charge in [0.15, 0.2) is 6.04 Å². The van der Waals surface area contributed by atoms with E-state index in [1.807, 2.05) is 24.3 Å². The van der Waals surface area contributed by atoms with Crippen LogP contribution in [0.3, 0.4) is 0 Å². The number of aromatic nitrogens is 2. The molecule has 0 aliphatic rings. The van der Waals surface area contributed by atoms with Gasteiger partial charge < -0.3 is 9.30 Å². The number of rotatable bonds is 3. The van der Waals surface area contributed by atoms with Gasteiger partial charge in [-0.05, 0) is 34.2 Å². The Morgan fingerprint density at radius 3 is 2.82 bits per heavy atom. The average molecular weight is 342 g/mol. The summed E-state index contributed by atoms with van der Waals surface area (Å²) >= 11 is 2.21. The van der Waals surface area contributed by atoms with Gasteiger partial charge in [-0.15, -0.1) is 0 Å². The number of carbonyl (C=O) groups is 1. The van der Waals surface area contributed by atoms with Crippen molar-refractivity contribution in [3.8, 4) is 0 Å². The molecule has 17 heavy (non-hydrogen) atoms. The summed E-state index contributed by atoms with van der Waals surface area (Å²) in [6.07, 6.45) is 5.01. The molecule has 0 N–H and O–H groups in total. The number of hydrogen-bond acceptors (Lipinski definition) is 3. The molecule has 0 amide bonds. The van der Waals surface area contributed by atoms with Crippen LogP contribution in [0.4, 0.5) is 0 Å². The fourth-order valence-corrected chi connectivity index (χ4v) is 2.32. The Bertz CT molecular complexity index is 511. The Labute approximate surface area is 113 Å². The molecule has 4 nitrogen and oxygen atoms in total. The fraction of sp³-hybridized carbons (Fsp3) is 0.167. The molecule has 1 atom stereocenters. The van der Waals surface area contributed by atoms with Crippen LogP contribution >= 0.6 is 22.6 Å². The summed E-state index contributed by atoms with van der Waals surface area (Å²) in [5.74, 6) is -0.299. The zero-order valence-corrected chi connectivity index (χ0v) is 11.4. The highest BCUT2D eigenvalue weighted by atomic mass is 127. The van der Waals surface area contributed by atoms with Gasteiger partial charge in [-0.2, -0.15) is 0 Å². The number of halogens is 1. The summed E-state index contributed by atoms with van der Waals surface area (Å²) in [7, 11) is 1.39. The van der Waals surface area contributed by atoms with E-state index < -0.39 is 6.04 Å². The van der Waals surface area contributed by atoms with Crippen molar-refractivity contribution >= 4 is 28.6 Å². The molecule has 1 unspecified atom stereocenters. The second-order valence-electron chi connectivity index (χ2n) is 3.46. The lowest BCUT2D eigenvalue weighted by Gasteiger charge is -2.17. The fourth-order valence-electron chi connectivity index (χ4n) is 1.64. The van der Waals surface area contributed by atoms with Crippen molar-refractivity contribution in [1.29, 1.82) is 0 Å². The van der Waals surface area contributed by atoms with Crippen LogP contribution < -0.4 is 0 Å². The van der Waals surface area contributed by atoms with Gasteiger partial charge in [0, 0.05) is 16.0 Å². The van der Waals surface area contributed by atoms with Crippen LogP contribution in [0.5, 0.6) is 0 Å². The van der Waals surface area contributed by atoms with Gasteiger partial charge in [0.1, 0.15) is 0 Å². The second kappa shape index (κ2) is 5.31. The molecule has 0 bridgehead atoms. The predicted octanol–water partition coefficient (Wildman–Crippen LogP) is 2.25. The summed E-state index contributed by atoms with van der Waals surface area (Å²) in [5, 5.41) is 0. The zero-order chi connectivity index (χ0) is 12.3. The molecule has 0 fully saturated rings. The van der Waals surface area contributed by atoms with Crippen LogP contribution in [0, 0.1) is 3.57 Å². The summed E-state index contributed by atoms with van der Waals surface area (Å²) in [6, 6.07) is 7.25. The summed E-state index contributed by atoms with van der Waals surface area (Å²) < 4.78 is 7.62. The van der Waals surface area contributed by atoms with Gasteiger partial charge in [0.05, 0.1) is 13.4 Å². The minimum absolute atomic E-state index is 0.299. The van der Waals surface area contributed by atoms with Crippen LogP contribution in [-0.2, 0) is 9.53 Å². The number of imidazole rings is 1. The molecule has 2 rings (SSSR count). The van der Waals surface area contributed by atoms with Gasteiger partial charge in [0.25, 0.3) is 0 Å². The summed E-state index contributed by atoms with van der Waals surface area (Å²) in [6.45, 7) is 0. The molecule has 0 saturated carbocycles. The third-order valence-electron chi connectivity index (χ3n) is 2.45. The van der Waals surface area contributed by atoms with Gasteiger partial charge in [-0.25, -0.2) is 9.78 Å². The zero-order valence-electron chi connectivity index (χ0n) is 9.21. The van der Waals surface area contributed by atoms with E-state index in [2.05, 4.69) is 27.6 Å². The number of ether oxygens (including phenoxy) is 1. The van der Waals surface area contributed by atoms with E-state index in [4.69, 9.17) is 4.74 Å². The van der Waals surface area contributed by atoms with Crippen LogP contribution in [0.15, 0.2) is 43.0 Å². The molecule has 0 spiro atoms. The van der Waals surface area contributed by atoms with Gasteiger partial charge >= 0.3 is 5.97 Å². The molecule has 5 heteroatoms. The van der Waals surface area contributed by atoms with Crippen LogP contribution in [0.2, 0.25) is 0 Å². The van der Waals surface area contributed by atoms with E-state index in [9.17, 15) is 4.79 Å². The lowest BCUT2D eigenvalue weighted by molar-refractivity contribution is -0.143. The number of carbonyl (C=O) groups excluding carboxylic acids is 1. The van der Waals surface area contributed by atoms with E-state index in [-0.39, 0.29) is 5.97 Å². The number of esters is 1. The van der Waals surface area contributed by atoms with Crippen LogP contribution in [0.25, 0.3) is 0 Å². The highest BCUT2D eigenvalue weighted by molar-refractivity contribution is 14.1. The molecule has 0 radical (unpaired) electrons. The van der Waals surface area contributed by atoms with Crippen LogP contribution in [0.1, 0.15) is 11.6 Å². The maximum Gasteiger partial charge on any atom is 0.333 e. The first kappa shape index (κ1) is 12.1. The van der Waals surface area contributed by atoms with Crippen molar-refractivity contribution in [2.24, 2.45) is 0 Å². The Morgan fingerprint density at radius 2 is 2.24 bits per heavy atom. The van der Waals surface area contributed by atoms with Gasteiger partial charge in [-0.1, -0.05) is 18.2 Å². The Hall–Kier alpha value is -1.37. The van der Waals surface area contributed by atoms with Crippen molar-refractivity contribution in [2.75, 3.05) is 7.11 Å². The number of methoxy groups -OCH3 is 1. The minimum Gasteiger partial charge on any atom is -0.467 e. The maximum atomic E-state index is 11.9. The van der Waals surface area contributed by atoms with E-state index in [1.54, 1.807) is 23.3 Å². The average Bonchev–Trinajstić information content (AvgIpc) is 2.85. The molecular formula is C12H11IN2O2. The van der Waals surface area contributed by atoms with Crippen molar-refractivity contribution in [2.45, 2.75) is 6.04 Å². The smallest absolute Gasteiger partial charge is 0.333 e. The molecule has 1 aromatic heterocycles. The van der Waals surface area contributed by atoms with Crippen molar-refractivity contribution in [3.05, 3.63) is 52.1 Å². The number of nitrogens with zero attached hydrogens (tertiary/aromatic N) is 2. The third kappa shape index (κ3) is 2.49. The highest BCUT2D eigenvalue weighted by Gasteiger charge is 2.24. The number of benzene rings is 1. The topological polar surface area (TPSA) is 44.1 Å². The predicted molar refractivity (Wildman–Crippen MR) is 71.5 cm³/mol. The van der Waals surface area contributed by atoms with Crippen molar-refractivity contribution < 1.29 is 9.53 Å².